The van der Waals surface area contributed by atoms with Crippen molar-refractivity contribution in [2.24, 2.45) is 5.92 Å². The van der Waals surface area contributed by atoms with Crippen molar-refractivity contribution in [3.8, 4) is 0 Å². The molecule has 2 amide bonds. The van der Waals surface area contributed by atoms with Crippen molar-refractivity contribution in [3.05, 3.63) is 65.2 Å². The summed E-state index contributed by atoms with van der Waals surface area (Å²) >= 11 is 5.99. The van der Waals surface area contributed by atoms with Gasteiger partial charge in [-0.15, -0.1) is 0 Å². The maximum absolute atomic E-state index is 12.3. The second kappa shape index (κ2) is 9.53. The first-order chi connectivity index (χ1) is 13.1. The molecule has 1 aliphatic heterocycles. The minimum absolute atomic E-state index is 0.0522. The van der Waals surface area contributed by atoms with Crippen molar-refractivity contribution in [2.75, 3.05) is 24.6 Å². The SMILES string of the molecule is O=C(NCCCOCc1ccccc1)C1CC(=O)N(c2cccc(Cl)c2)C1. The number of hydrogen-bond acceptors (Lipinski definition) is 3. The number of rotatable bonds is 8. The number of hydrogen-bond donors (Lipinski definition) is 1. The molecule has 5 nitrogen and oxygen atoms in total. The van der Waals surface area contributed by atoms with Crippen LogP contribution in [0.25, 0.3) is 0 Å². The molecule has 1 saturated heterocycles. The third-order valence-electron chi connectivity index (χ3n) is 4.49. The number of benzene rings is 2. The molecule has 1 N–H and O–H groups in total. The highest BCUT2D eigenvalue weighted by molar-refractivity contribution is 6.30. The van der Waals surface area contributed by atoms with Crippen LogP contribution >= 0.6 is 11.6 Å². The monoisotopic (exact) mass is 386 g/mol. The van der Waals surface area contributed by atoms with E-state index in [0.717, 1.165) is 17.7 Å². The number of anilines is 1. The molecule has 1 atom stereocenters. The third-order valence-corrected chi connectivity index (χ3v) is 4.73. The first kappa shape index (κ1) is 19.4. The predicted octanol–water partition coefficient (Wildman–Crippen LogP) is 3.42. The van der Waals surface area contributed by atoms with Crippen LogP contribution in [0.1, 0.15) is 18.4 Å². The molecule has 2 aromatic rings. The van der Waals surface area contributed by atoms with Crippen LogP contribution in [0.15, 0.2) is 54.6 Å². The molecule has 142 valence electrons. The molecule has 1 fully saturated rings. The molecule has 3 rings (SSSR count). The van der Waals surface area contributed by atoms with Gasteiger partial charge in [-0.25, -0.2) is 0 Å². The number of carbonyl (C=O) groups is 2. The Morgan fingerprint density at radius 1 is 1.19 bits per heavy atom. The molecular formula is C21H23ClN2O3. The summed E-state index contributed by atoms with van der Waals surface area (Å²) in [5, 5.41) is 3.48. The lowest BCUT2D eigenvalue weighted by molar-refractivity contribution is -0.126. The molecular weight excluding hydrogens is 364 g/mol. The van der Waals surface area contributed by atoms with Gasteiger partial charge >= 0.3 is 0 Å². The van der Waals surface area contributed by atoms with Crippen LogP contribution < -0.4 is 10.2 Å². The molecule has 0 radical (unpaired) electrons. The minimum Gasteiger partial charge on any atom is -0.377 e. The summed E-state index contributed by atoms with van der Waals surface area (Å²) in [4.78, 5) is 26.2. The van der Waals surface area contributed by atoms with Crippen molar-refractivity contribution < 1.29 is 14.3 Å². The maximum atomic E-state index is 12.3. The lowest BCUT2D eigenvalue weighted by Crippen LogP contribution is -2.33. The van der Waals surface area contributed by atoms with E-state index < -0.39 is 0 Å². The van der Waals surface area contributed by atoms with Gasteiger partial charge in [-0.05, 0) is 30.2 Å². The number of halogens is 1. The van der Waals surface area contributed by atoms with Crippen molar-refractivity contribution in [1.29, 1.82) is 0 Å². The fraction of sp³-hybridized carbons (Fsp3) is 0.333. The van der Waals surface area contributed by atoms with Crippen molar-refractivity contribution in [1.82, 2.24) is 5.32 Å². The van der Waals surface area contributed by atoms with E-state index in [0.29, 0.717) is 31.3 Å². The van der Waals surface area contributed by atoms with Gasteiger partial charge < -0.3 is 15.0 Å². The Bertz CT molecular complexity index is 782. The van der Waals surface area contributed by atoms with Crippen molar-refractivity contribution in [3.63, 3.8) is 0 Å². The summed E-state index contributed by atoms with van der Waals surface area (Å²) in [7, 11) is 0. The molecule has 27 heavy (non-hydrogen) atoms. The average Bonchev–Trinajstić information content (AvgIpc) is 3.07. The van der Waals surface area contributed by atoms with E-state index >= 15 is 0 Å². The number of nitrogens with one attached hydrogen (secondary N) is 1. The van der Waals surface area contributed by atoms with Gasteiger partial charge in [0.05, 0.1) is 12.5 Å². The topological polar surface area (TPSA) is 58.6 Å². The molecule has 0 bridgehead atoms. The maximum Gasteiger partial charge on any atom is 0.227 e. The summed E-state index contributed by atoms with van der Waals surface area (Å²) in [6.45, 7) is 2.07. The predicted molar refractivity (Wildman–Crippen MR) is 106 cm³/mol. The highest BCUT2D eigenvalue weighted by Crippen LogP contribution is 2.27. The standard InChI is InChI=1S/C21H23ClN2O3/c22-18-8-4-9-19(13-18)24-14-17(12-20(24)25)21(26)23-10-5-11-27-15-16-6-2-1-3-7-16/h1-4,6-9,13,17H,5,10-12,14-15H2,(H,23,26). The van der Waals surface area contributed by atoms with E-state index in [1.165, 1.54) is 0 Å². The molecule has 1 aliphatic rings. The van der Waals surface area contributed by atoms with E-state index in [4.69, 9.17) is 16.3 Å². The summed E-state index contributed by atoms with van der Waals surface area (Å²) < 4.78 is 5.60. The number of carbonyl (C=O) groups excluding carboxylic acids is 2. The number of amides is 2. The fourth-order valence-corrected chi connectivity index (χ4v) is 3.26. The Morgan fingerprint density at radius 3 is 2.78 bits per heavy atom. The van der Waals surface area contributed by atoms with Gasteiger partial charge in [-0.3, -0.25) is 9.59 Å². The largest absolute Gasteiger partial charge is 0.377 e. The molecule has 0 spiro atoms. The zero-order chi connectivity index (χ0) is 19.1. The van der Waals surface area contributed by atoms with E-state index in [9.17, 15) is 9.59 Å². The molecule has 0 aromatic heterocycles. The van der Waals surface area contributed by atoms with Gasteiger partial charge in [0, 0.05) is 36.8 Å². The zero-order valence-electron chi connectivity index (χ0n) is 15.1. The van der Waals surface area contributed by atoms with E-state index in [1.54, 1.807) is 23.1 Å². The van der Waals surface area contributed by atoms with Gasteiger partial charge in [-0.2, -0.15) is 0 Å². The minimum atomic E-state index is -0.332. The lowest BCUT2D eigenvalue weighted by atomic mass is 10.1. The van der Waals surface area contributed by atoms with Crippen LogP contribution in [-0.4, -0.2) is 31.5 Å². The Balaban J connectivity index is 1.37. The second-order valence-corrected chi connectivity index (χ2v) is 7.00. The van der Waals surface area contributed by atoms with Gasteiger partial charge in [0.25, 0.3) is 0 Å². The molecule has 0 saturated carbocycles. The Hall–Kier alpha value is -2.37. The quantitative estimate of drug-likeness (QED) is 0.707. The smallest absolute Gasteiger partial charge is 0.227 e. The average molecular weight is 387 g/mol. The fourth-order valence-electron chi connectivity index (χ4n) is 3.07. The Labute approximate surface area is 164 Å². The summed E-state index contributed by atoms with van der Waals surface area (Å²) in [5.74, 6) is -0.471. The summed E-state index contributed by atoms with van der Waals surface area (Å²) in [5.41, 5.74) is 1.87. The van der Waals surface area contributed by atoms with Crippen molar-refractivity contribution >= 4 is 29.1 Å². The van der Waals surface area contributed by atoms with E-state index in [2.05, 4.69) is 5.32 Å². The second-order valence-electron chi connectivity index (χ2n) is 6.57. The molecule has 1 heterocycles. The zero-order valence-corrected chi connectivity index (χ0v) is 15.8. The van der Waals surface area contributed by atoms with Crippen LogP contribution in [-0.2, 0) is 20.9 Å². The summed E-state index contributed by atoms with van der Waals surface area (Å²) in [6.07, 6.45) is 0.958. The van der Waals surface area contributed by atoms with E-state index in [-0.39, 0.29) is 24.2 Å². The van der Waals surface area contributed by atoms with E-state index in [1.807, 2.05) is 36.4 Å². The van der Waals surface area contributed by atoms with Gasteiger partial charge in [0.2, 0.25) is 11.8 Å². The third kappa shape index (κ3) is 5.55. The van der Waals surface area contributed by atoms with Crippen LogP contribution in [0.3, 0.4) is 0 Å². The lowest BCUT2D eigenvalue weighted by Gasteiger charge is -2.17. The van der Waals surface area contributed by atoms with Crippen LogP contribution in [0.5, 0.6) is 0 Å². The van der Waals surface area contributed by atoms with Crippen LogP contribution in [0, 0.1) is 5.92 Å². The van der Waals surface area contributed by atoms with Crippen LogP contribution in [0.4, 0.5) is 5.69 Å². The summed E-state index contributed by atoms with van der Waals surface area (Å²) in [6, 6.07) is 17.1. The molecule has 2 aromatic carbocycles. The van der Waals surface area contributed by atoms with Crippen LogP contribution in [0.2, 0.25) is 5.02 Å². The highest BCUT2D eigenvalue weighted by Gasteiger charge is 2.34. The van der Waals surface area contributed by atoms with Gasteiger partial charge in [0.1, 0.15) is 0 Å². The molecule has 1 unspecified atom stereocenters. The molecule has 6 heteroatoms. The number of ether oxygens (including phenoxy) is 1. The normalized spacial score (nSPS) is 16.6. The van der Waals surface area contributed by atoms with Gasteiger partial charge in [-0.1, -0.05) is 48.0 Å². The first-order valence-electron chi connectivity index (χ1n) is 9.09. The Morgan fingerprint density at radius 2 is 2.00 bits per heavy atom. The Kier molecular flexibility index (Phi) is 6.85. The number of nitrogens with zero attached hydrogens (tertiary/aromatic N) is 1. The van der Waals surface area contributed by atoms with Crippen molar-refractivity contribution in [2.45, 2.75) is 19.4 Å². The van der Waals surface area contributed by atoms with Gasteiger partial charge in [0.15, 0.2) is 0 Å². The molecule has 0 aliphatic carbocycles. The first-order valence-corrected chi connectivity index (χ1v) is 9.46. The highest BCUT2D eigenvalue weighted by atomic mass is 35.5.